The third-order valence-corrected chi connectivity index (χ3v) is 11.0. The van der Waals surface area contributed by atoms with Gasteiger partial charge in [-0.05, 0) is 82.0 Å². The fourth-order valence-electron chi connectivity index (χ4n) is 5.15. The molecule has 38 heavy (non-hydrogen) atoms. The molecule has 0 aliphatic heterocycles. The topological polar surface area (TPSA) is 88.2 Å². The molecule has 0 radical (unpaired) electrons. The fourth-order valence-corrected chi connectivity index (χ4v) is 6.79. The minimum atomic E-state index is -2.74. The molecule has 6 nitrogen and oxygen atoms in total. The Hall–Kier alpha value is -1.04. The number of halogens is 2. The second-order valence-corrected chi connectivity index (χ2v) is 21.2. The molecule has 1 heterocycles. The molecule has 2 aromatic rings. The lowest BCUT2D eigenvalue weighted by Gasteiger charge is -2.36. The van der Waals surface area contributed by atoms with Crippen LogP contribution in [0, 0.1) is 11.8 Å². The van der Waals surface area contributed by atoms with Crippen LogP contribution in [0.5, 0.6) is 0 Å². The smallest absolute Gasteiger partial charge is 0.248 e. The standard InChI is InChI=1S/C28H46F2N4O2SSi/c1-27(2,3)37(35)33-25(21-8-7-13-28(29,30)17-21)26-32-22-16-20(24(31)19-9-10-19)11-12-23(22)34(26)18-36-14-15-38(4,5)6/h11-12,16,19,21,24-25,33H,7-10,13-15,17-18,31H2,1-6H3/t21-,24?,25?,37-/m1/s1. The highest BCUT2D eigenvalue weighted by Crippen LogP contribution is 2.44. The number of hydrogen-bond acceptors (Lipinski definition) is 5. The van der Waals surface area contributed by atoms with Crippen molar-refractivity contribution in [2.45, 2.75) is 114 Å². The second kappa shape index (κ2) is 11.4. The van der Waals surface area contributed by atoms with Crippen LogP contribution < -0.4 is 10.5 Å². The Balaban J connectivity index is 1.74. The summed E-state index contributed by atoms with van der Waals surface area (Å²) in [6.45, 7) is 13.5. The number of nitrogens with one attached hydrogen (secondary N) is 1. The monoisotopic (exact) mass is 568 g/mol. The molecule has 2 aliphatic rings. The average Bonchev–Trinajstić information content (AvgIpc) is 3.59. The molecule has 1 aromatic heterocycles. The van der Waals surface area contributed by atoms with Gasteiger partial charge in [0.2, 0.25) is 5.92 Å². The Morgan fingerprint density at radius 1 is 1.24 bits per heavy atom. The van der Waals surface area contributed by atoms with Crippen LogP contribution >= 0.6 is 0 Å². The number of imidazole rings is 1. The summed E-state index contributed by atoms with van der Waals surface area (Å²) < 4.78 is 53.4. The molecule has 214 valence electrons. The number of nitrogens with zero attached hydrogens (tertiary/aromatic N) is 2. The molecule has 4 rings (SSSR count). The molecule has 0 spiro atoms. The summed E-state index contributed by atoms with van der Waals surface area (Å²) in [6.07, 6.45) is 3.01. The number of nitrogens with two attached hydrogens (primary N) is 1. The maximum atomic E-state index is 14.6. The van der Waals surface area contributed by atoms with Crippen LogP contribution in [0.15, 0.2) is 18.2 Å². The van der Waals surface area contributed by atoms with Crippen molar-refractivity contribution >= 4 is 30.5 Å². The number of fused-ring (bicyclic) bond motifs is 1. The lowest BCUT2D eigenvalue weighted by molar-refractivity contribution is -0.0580. The molecule has 2 fully saturated rings. The van der Waals surface area contributed by atoms with E-state index in [1.165, 1.54) is 0 Å². The minimum Gasteiger partial charge on any atom is -0.598 e. The van der Waals surface area contributed by atoms with Crippen LogP contribution in [0.1, 0.15) is 82.8 Å². The zero-order valence-corrected chi connectivity index (χ0v) is 25.7. The highest BCUT2D eigenvalue weighted by atomic mass is 32.2. The summed E-state index contributed by atoms with van der Waals surface area (Å²) >= 11 is -1.46. The van der Waals surface area contributed by atoms with Gasteiger partial charge < -0.3 is 19.6 Å². The van der Waals surface area contributed by atoms with E-state index in [0.29, 0.717) is 31.2 Å². The van der Waals surface area contributed by atoms with Gasteiger partial charge in [0.15, 0.2) is 0 Å². The Morgan fingerprint density at radius 3 is 2.55 bits per heavy atom. The highest BCUT2D eigenvalue weighted by Gasteiger charge is 2.44. The van der Waals surface area contributed by atoms with Gasteiger partial charge in [0.05, 0.1) is 11.0 Å². The van der Waals surface area contributed by atoms with Crippen LogP contribution in [0.2, 0.25) is 25.7 Å². The predicted molar refractivity (Wildman–Crippen MR) is 154 cm³/mol. The summed E-state index contributed by atoms with van der Waals surface area (Å²) in [5, 5.41) is 0. The molecule has 1 aromatic carbocycles. The van der Waals surface area contributed by atoms with Crippen molar-refractivity contribution in [3.8, 4) is 0 Å². The van der Waals surface area contributed by atoms with Crippen LogP contribution in [0.3, 0.4) is 0 Å². The van der Waals surface area contributed by atoms with Crippen LogP contribution in [0.4, 0.5) is 8.78 Å². The molecule has 2 saturated carbocycles. The molecule has 2 aliphatic carbocycles. The molecular formula is C28H46F2N4O2SSi. The van der Waals surface area contributed by atoms with Crippen molar-refractivity contribution in [1.29, 1.82) is 0 Å². The van der Waals surface area contributed by atoms with Crippen molar-refractivity contribution in [1.82, 2.24) is 14.3 Å². The van der Waals surface area contributed by atoms with Gasteiger partial charge in [-0.15, -0.1) is 4.72 Å². The van der Waals surface area contributed by atoms with Crippen molar-refractivity contribution < 1.29 is 18.1 Å². The zero-order chi connectivity index (χ0) is 27.9. The highest BCUT2D eigenvalue weighted by molar-refractivity contribution is 7.90. The average molecular weight is 569 g/mol. The van der Waals surface area contributed by atoms with Gasteiger partial charge in [-0.3, -0.25) is 0 Å². The van der Waals surface area contributed by atoms with E-state index in [-0.39, 0.29) is 25.6 Å². The number of alkyl halides is 2. The van der Waals surface area contributed by atoms with Crippen LogP contribution in [-0.2, 0) is 22.8 Å². The van der Waals surface area contributed by atoms with Gasteiger partial charge in [-0.2, -0.15) is 0 Å². The van der Waals surface area contributed by atoms with E-state index in [4.69, 9.17) is 15.5 Å². The van der Waals surface area contributed by atoms with Gasteiger partial charge in [0, 0.05) is 44.9 Å². The fraction of sp³-hybridized carbons (Fsp3) is 0.750. The minimum absolute atomic E-state index is 0.0275. The van der Waals surface area contributed by atoms with Crippen molar-refractivity contribution in [3.05, 3.63) is 29.6 Å². The lowest BCUT2D eigenvalue weighted by atomic mass is 9.81. The number of aromatic nitrogens is 2. The Bertz CT molecular complexity index is 1100. The van der Waals surface area contributed by atoms with Gasteiger partial charge in [-0.25, -0.2) is 13.8 Å². The first-order valence-corrected chi connectivity index (χ1v) is 18.9. The molecule has 0 saturated heterocycles. The maximum Gasteiger partial charge on any atom is 0.248 e. The van der Waals surface area contributed by atoms with Crippen LogP contribution in [-0.4, -0.2) is 39.5 Å². The van der Waals surface area contributed by atoms with E-state index in [1.54, 1.807) is 0 Å². The van der Waals surface area contributed by atoms with Crippen molar-refractivity contribution in [2.24, 2.45) is 17.6 Å². The van der Waals surface area contributed by atoms with Crippen molar-refractivity contribution in [2.75, 3.05) is 6.61 Å². The van der Waals surface area contributed by atoms with E-state index in [1.807, 2.05) is 37.5 Å². The number of benzene rings is 1. The normalized spacial score (nSPS) is 22.9. The molecule has 0 amide bonds. The number of rotatable bonds is 11. The molecule has 0 bridgehead atoms. The molecule has 2 unspecified atom stereocenters. The summed E-state index contributed by atoms with van der Waals surface area (Å²) in [4.78, 5) is 5.02. The number of hydrogen-bond donors (Lipinski definition) is 2. The summed E-state index contributed by atoms with van der Waals surface area (Å²) in [5.41, 5.74) is 9.21. The number of ether oxygens (including phenoxy) is 1. The predicted octanol–water partition coefficient (Wildman–Crippen LogP) is 6.68. The van der Waals surface area contributed by atoms with Gasteiger partial charge in [0.25, 0.3) is 0 Å². The third-order valence-electron chi connectivity index (χ3n) is 7.75. The van der Waals surface area contributed by atoms with E-state index >= 15 is 0 Å². The van der Waals surface area contributed by atoms with E-state index in [2.05, 4.69) is 30.4 Å². The SMILES string of the molecule is CC(C)(C)[S@@+]([O-])NC(c1nc2cc(C(N)C3CC3)ccc2n1COCC[Si](C)(C)C)[C@@H]1CCCC(F)(F)C1. The lowest BCUT2D eigenvalue weighted by Crippen LogP contribution is -2.45. The maximum absolute atomic E-state index is 14.6. The Kier molecular flexibility index (Phi) is 9.01. The molecule has 10 heteroatoms. The zero-order valence-electron chi connectivity index (χ0n) is 23.9. The van der Waals surface area contributed by atoms with Gasteiger partial charge in [0.1, 0.15) is 23.3 Å². The largest absolute Gasteiger partial charge is 0.598 e. The van der Waals surface area contributed by atoms with Gasteiger partial charge >= 0.3 is 0 Å². The van der Waals surface area contributed by atoms with E-state index in [0.717, 1.165) is 35.5 Å². The molecule has 3 N–H and O–H groups in total. The quantitative estimate of drug-likeness (QED) is 0.179. The third kappa shape index (κ3) is 7.57. The Labute approximate surface area is 230 Å². The first-order valence-electron chi connectivity index (χ1n) is 14.0. The summed E-state index contributed by atoms with van der Waals surface area (Å²) in [7, 11) is -1.28. The van der Waals surface area contributed by atoms with Crippen molar-refractivity contribution in [3.63, 3.8) is 0 Å². The van der Waals surface area contributed by atoms with E-state index in [9.17, 15) is 13.3 Å². The molecule has 4 atom stereocenters. The Morgan fingerprint density at radius 2 is 1.95 bits per heavy atom. The second-order valence-electron chi connectivity index (χ2n) is 13.5. The first kappa shape index (κ1) is 29.9. The first-order chi connectivity index (χ1) is 17.6. The summed E-state index contributed by atoms with van der Waals surface area (Å²) in [6, 6.07) is 6.53. The van der Waals surface area contributed by atoms with Crippen LogP contribution in [0.25, 0.3) is 11.0 Å². The van der Waals surface area contributed by atoms with Gasteiger partial charge in [-0.1, -0.05) is 25.7 Å². The van der Waals surface area contributed by atoms with E-state index < -0.39 is 42.1 Å². The summed E-state index contributed by atoms with van der Waals surface area (Å²) in [5.74, 6) is -2.01. The molecular weight excluding hydrogens is 522 g/mol.